The summed E-state index contributed by atoms with van der Waals surface area (Å²) in [5.41, 5.74) is 2.65. The fraction of sp³-hybridized carbons (Fsp3) is 0.148. The van der Waals surface area contributed by atoms with E-state index in [2.05, 4.69) is 10.6 Å². The number of carbonyl (C=O) groups is 3. The van der Waals surface area contributed by atoms with Gasteiger partial charge >= 0.3 is 0 Å². The van der Waals surface area contributed by atoms with Crippen molar-refractivity contribution in [1.82, 2.24) is 4.90 Å². The van der Waals surface area contributed by atoms with Gasteiger partial charge in [-0.15, -0.1) is 0 Å². The highest BCUT2D eigenvalue weighted by molar-refractivity contribution is 6.48. The Labute approximate surface area is 208 Å². The van der Waals surface area contributed by atoms with Crippen molar-refractivity contribution >= 4 is 40.7 Å². The van der Waals surface area contributed by atoms with Crippen LogP contribution in [0.2, 0.25) is 0 Å². The molecular formula is C27H24ClN3O4. The summed E-state index contributed by atoms with van der Waals surface area (Å²) in [6.45, 7) is 2.70. The quantitative estimate of drug-likeness (QED) is 0.421. The Hall–Kier alpha value is -4.10. The topological polar surface area (TPSA) is 87.7 Å². The molecular weight excluding hydrogens is 466 g/mol. The number of imide groups is 1. The molecule has 3 aromatic rings. The van der Waals surface area contributed by atoms with Crippen LogP contribution in [0.5, 0.6) is 5.75 Å². The van der Waals surface area contributed by atoms with E-state index in [9.17, 15) is 14.4 Å². The first-order valence-corrected chi connectivity index (χ1v) is 11.5. The summed E-state index contributed by atoms with van der Waals surface area (Å²) in [5, 5.41) is 5.59. The van der Waals surface area contributed by atoms with Crippen LogP contribution in [0, 0.1) is 0 Å². The number of amides is 3. The third-order valence-electron chi connectivity index (χ3n) is 5.42. The number of halogens is 1. The monoisotopic (exact) mass is 489 g/mol. The summed E-state index contributed by atoms with van der Waals surface area (Å²) in [5.74, 6) is -0.556. The maximum absolute atomic E-state index is 12.8. The Morgan fingerprint density at radius 2 is 1.54 bits per heavy atom. The van der Waals surface area contributed by atoms with Crippen molar-refractivity contribution in [3.8, 4) is 5.75 Å². The van der Waals surface area contributed by atoms with Gasteiger partial charge in [-0.2, -0.15) is 0 Å². The van der Waals surface area contributed by atoms with Crippen molar-refractivity contribution in [3.63, 3.8) is 0 Å². The summed E-state index contributed by atoms with van der Waals surface area (Å²) in [4.78, 5) is 39.0. The van der Waals surface area contributed by atoms with E-state index in [0.29, 0.717) is 30.0 Å². The normalized spacial score (nSPS) is 13.3. The number of benzene rings is 3. The Balaban J connectivity index is 1.37. The summed E-state index contributed by atoms with van der Waals surface area (Å²) in [7, 11) is 0. The minimum absolute atomic E-state index is 0.0244. The molecule has 178 valence electrons. The second-order valence-electron chi connectivity index (χ2n) is 7.80. The van der Waals surface area contributed by atoms with E-state index in [0.717, 1.165) is 16.2 Å². The number of anilines is 2. The van der Waals surface area contributed by atoms with Crippen molar-refractivity contribution in [2.45, 2.75) is 13.3 Å². The molecule has 0 fully saturated rings. The van der Waals surface area contributed by atoms with E-state index in [4.69, 9.17) is 16.3 Å². The average Bonchev–Trinajstić information content (AvgIpc) is 3.08. The van der Waals surface area contributed by atoms with Crippen LogP contribution in [-0.2, 0) is 16.0 Å². The Bertz CT molecular complexity index is 1260. The summed E-state index contributed by atoms with van der Waals surface area (Å²) < 4.78 is 5.40. The molecule has 7 nitrogen and oxygen atoms in total. The van der Waals surface area contributed by atoms with E-state index in [1.807, 2.05) is 37.3 Å². The molecule has 0 aromatic heterocycles. The van der Waals surface area contributed by atoms with E-state index in [1.54, 1.807) is 48.5 Å². The fourth-order valence-corrected chi connectivity index (χ4v) is 3.83. The highest BCUT2D eigenvalue weighted by Crippen LogP contribution is 2.26. The van der Waals surface area contributed by atoms with Crippen LogP contribution in [0.1, 0.15) is 22.8 Å². The standard InChI is InChI=1S/C27H24ClN3O4/c1-2-35-22-14-12-21(13-15-22)30-25(32)19-8-10-20(11-9-19)29-24-23(28)26(33)31(27(24)34)17-16-18-6-4-3-5-7-18/h3-15,29H,2,16-17H2,1H3,(H,30,32). The molecule has 4 rings (SSSR count). The molecule has 0 unspecified atom stereocenters. The van der Waals surface area contributed by atoms with Crippen LogP contribution in [0.25, 0.3) is 0 Å². The second kappa shape index (κ2) is 10.9. The maximum atomic E-state index is 12.8. The molecule has 0 spiro atoms. The number of carbonyl (C=O) groups excluding carboxylic acids is 3. The third kappa shape index (κ3) is 5.70. The van der Waals surface area contributed by atoms with Crippen molar-refractivity contribution in [3.05, 3.63) is 101 Å². The molecule has 1 aliphatic heterocycles. The number of hydrogen-bond acceptors (Lipinski definition) is 5. The van der Waals surface area contributed by atoms with Gasteiger partial charge in [0, 0.05) is 23.5 Å². The van der Waals surface area contributed by atoms with Crippen molar-refractivity contribution in [2.24, 2.45) is 0 Å². The van der Waals surface area contributed by atoms with Crippen molar-refractivity contribution in [2.75, 3.05) is 23.8 Å². The van der Waals surface area contributed by atoms with Crippen LogP contribution in [-0.4, -0.2) is 35.8 Å². The number of ether oxygens (including phenoxy) is 1. The lowest BCUT2D eigenvalue weighted by Gasteiger charge is -2.15. The summed E-state index contributed by atoms with van der Waals surface area (Å²) in [6, 6.07) is 23.2. The SMILES string of the molecule is CCOc1ccc(NC(=O)c2ccc(NC3=C(Cl)C(=O)N(CCc4ccccc4)C3=O)cc2)cc1. The van der Waals surface area contributed by atoms with Gasteiger partial charge in [-0.1, -0.05) is 41.9 Å². The second-order valence-corrected chi connectivity index (χ2v) is 8.18. The highest BCUT2D eigenvalue weighted by Gasteiger charge is 2.37. The minimum Gasteiger partial charge on any atom is -0.494 e. The Kier molecular flexibility index (Phi) is 7.48. The van der Waals surface area contributed by atoms with E-state index in [1.165, 1.54) is 0 Å². The van der Waals surface area contributed by atoms with E-state index < -0.39 is 11.8 Å². The van der Waals surface area contributed by atoms with Gasteiger partial charge in [0.2, 0.25) is 0 Å². The van der Waals surface area contributed by atoms with Crippen LogP contribution in [0.3, 0.4) is 0 Å². The molecule has 1 heterocycles. The van der Waals surface area contributed by atoms with Gasteiger partial charge in [-0.3, -0.25) is 19.3 Å². The number of nitrogens with zero attached hydrogens (tertiary/aromatic N) is 1. The zero-order valence-corrected chi connectivity index (χ0v) is 19.8. The molecule has 0 aliphatic carbocycles. The van der Waals surface area contributed by atoms with Crippen LogP contribution in [0.15, 0.2) is 89.6 Å². The molecule has 3 amide bonds. The van der Waals surface area contributed by atoms with Crippen molar-refractivity contribution in [1.29, 1.82) is 0 Å². The van der Waals surface area contributed by atoms with E-state index >= 15 is 0 Å². The van der Waals surface area contributed by atoms with Gasteiger partial charge < -0.3 is 15.4 Å². The van der Waals surface area contributed by atoms with Gasteiger partial charge in [0.1, 0.15) is 16.5 Å². The first kappa shape index (κ1) is 24.0. The first-order valence-electron chi connectivity index (χ1n) is 11.2. The van der Waals surface area contributed by atoms with Crippen LogP contribution in [0.4, 0.5) is 11.4 Å². The number of hydrogen-bond donors (Lipinski definition) is 2. The predicted octanol–water partition coefficient (Wildman–Crippen LogP) is 4.81. The predicted molar refractivity (Wildman–Crippen MR) is 135 cm³/mol. The summed E-state index contributed by atoms with van der Waals surface area (Å²) in [6.07, 6.45) is 0.536. The molecule has 35 heavy (non-hydrogen) atoms. The van der Waals surface area contributed by atoms with Gasteiger partial charge in [0.05, 0.1) is 6.61 Å². The molecule has 0 saturated carbocycles. The smallest absolute Gasteiger partial charge is 0.278 e. The summed E-state index contributed by atoms with van der Waals surface area (Å²) >= 11 is 6.18. The van der Waals surface area contributed by atoms with Gasteiger partial charge in [0.25, 0.3) is 17.7 Å². The van der Waals surface area contributed by atoms with Gasteiger partial charge in [-0.25, -0.2) is 0 Å². The highest BCUT2D eigenvalue weighted by atomic mass is 35.5. The molecule has 2 N–H and O–H groups in total. The number of rotatable bonds is 9. The van der Waals surface area contributed by atoms with Gasteiger partial charge in [-0.05, 0) is 67.4 Å². The lowest BCUT2D eigenvalue weighted by Crippen LogP contribution is -2.34. The van der Waals surface area contributed by atoms with Crippen molar-refractivity contribution < 1.29 is 19.1 Å². The van der Waals surface area contributed by atoms with Crippen LogP contribution < -0.4 is 15.4 Å². The van der Waals surface area contributed by atoms with Gasteiger partial charge in [0.15, 0.2) is 0 Å². The average molecular weight is 490 g/mol. The molecule has 0 bridgehead atoms. The molecule has 3 aromatic carbocycles. The molecule has 8 heteroatoms. The zero-order valence-electron chi connectivity index (χ0n) is 19.1. The molecule has 0 radical (unpaired) electrons. The molecule has 1 aliphatic rings. The van der Waals surface area contributed by atoms with E-state index in [-0.39, 0.29) is 23.2 Å². The lowest BCUT2D eigenvalue weighted by molar-refractivity contribution is -0.137. The number of nitrogens with one attached hydrogen (secondary N) is 2. The third-order valence-corrected chi connectivity index (χ3v) is 5.77. The lowest BCUT2D eigenvalue weighted by atomic mass is 10.1. The zero-order chi connectivity index (χ0) is 24.8. The molecule has 0 atom stereocenters. The molecule has 0 saturated heterocycles. The maximum Gasteiger partial charge on any atom is 0.278 e. The fourth-order valence-electron chi connectivity index (χ4n) is 3.60. The van der Waals surface area contributed by atoms with Crippen LogP contribution >= 0.6 is 11.6 Å². The largest absolute Gasteiger partial charge is 0.494 e. The Morgan fingerprint density at radius 3 is 2.20 bits per heavy atom. The minimum atomic E-state index is -0.526. The Morgan fingerprint density at radius 1 is 0.886 bits per heavy atom. The first-order chi connectivity index (χ1) is 17.0.